The third-order valence-corrected chi connectivity index (χ3v) is 6.59. The second-order valence-electron chi connectivity index (χ2n) is 8.40. The first kappa shape index (κ1) is 21.4. The highest BCUT2D eigenvalue weighted by Gasteiger charge is 2.18. The third-order valence-electron chi connectivity index (χ3n) is 6.10. The molecule has 0 aliphatic carbocycles. The van der Waals surface area contributed by atoms with Gasteiger partial charge >= 0.3 is 0 Å². The van der Waals surface area contributed by atoms with Crippen LogP contribution in [0.2, 0.25) is 0 Å². The summed E-state index contributed by atoms with van der Waals surface area (Å²) in [6.07, 6.45) is 9.16. The number of ether oxygens (including phenoxy) is 1. The molecule has 7 heteroatoms. The van der Waals surface area contributed by atoms with Crippen LogP contribution < -0.4 is 15.6 Å². The molecule has 0 radical (unpaired) electrons. The molecule has 0 bridgehead atoms. The molecule has 0 saturated heterocycles. The maximum atomic E-state index is 13.7. The topological polar surface area (TPSA) is 73.6 Å². The number of rotatable bonds is 5. The van der Waals surface area contributed by atoms with Crippen molar-refractivity contribution >= 4 is 43.1 Å². The summed E-state index contributed by atoms with van der Waals surface area (Å²) in [6.45, 7) is 0.276. The van der Waals surface area contributed by atoms with Gasteiger partial charge in [0.25, 0.3) is 0 Å². The number of nitrogens with zero attached hydrogens (tertiary/aromatic N) is 3. The lowest BCUT2D eigenvalue weighted by Gasteiger charge is -2.15. The molecule has 0 fully saturated rings. The molecule has 4 aromatic heterocycles. The number of hydrogen-bond acceptors (Lipinski definition) is 5. The molecule has 0 spiro atoms. The van der Waals surface area contributed by atoms with Crippen molar-refractivity contribution in [3.63, 3.8) is 0 Å². The Kier molecular flexibility index (Phi) is 5.26. The number of fused-ring (bicyclic) bond motifs is 2. The van der Waals surface area contributed by atoms with Gasteiger partial charge in [-0.25, -0.2) is 0 Å². The smallest absolute Gasteiger partial charge is 0.197 e. The monoisotopic (exact) mass is 523 g/mol. The quantitative estimate of drug-likeness (QED) is 0.231. The van der Waals surface area contributed by atoms with E-state index in [4.69, 9.17) is 4.74 Å². The fraction of sp³-hybridized carbons (Fsp3) is 0.0714. The maximum Gasteiger partial charge on any atom is 0.197 e. The summed E-state index contributed by atoms with van der Waals surface area (Å²) in [4.78, 5) is 35.5. The zero-order valence-electron chi connectivity index (χ0n) is 18.4. The van der Waals surface area contributed by atoms with Crippen molar-refractivity contribution in [1.29, 1.82) is 0 Å². The van der Waals surface area contributed by atoms with Crippen molar-refractivity contribution in [2.75, 3.05) is 0 Å². The van der Waals surface area contributed by atoms with Gasteiger partial charge in [0, 0.05) is 58.4 Å². The molecular weight excluding hydrogens is 506 g/mol. The van der Waals surface area contributed by atoms with Gasteiger partial charge in [0.1, 0.15) is 12.4 Å². The highest BCUT2D eigenvalue weighted by atomic mass is 79.9. The van der Waals surface area contributed by atoms with Gasteiger partial charge in [-0.2, -0.15) is 0 Å². The van der Waals surface area contributed by atoms with E-state index in [1.165, 1.54) is 0 Å². The van der Waals surface area contributed by atoms with E-state index < -0.39 is 0 Å². The number of hydrogen-bond donors (Lipinski definition) is 0. The Balaban J connectivity index is 1.62. The molecule has 35 heavy (non-hydrogen) atoms. The number of aromatic nitrogens is 3. The zero-order valence-corrected chi connectivity index (χ0v) is 20.0. The van der Waals surface area contributed by atoms with Gasteiger partial charge in [-0.1, -0.05) is 28.1 Å². The molecule has 0 N–H and O–H groups in total. The van der Waals surface area contributed by atoms with Crippen LogP contribution in [0.4, 0.5) is 0 Å². The highest BCUT2D eigenvalue weighted by Crippen LogP contribution is 2.29. The molecule has 6 aromatic rings. The molecule has 170 valence electrons. The lowest BCUT2D eigenvalue weighted by atomic mass is 10.0. The van der Waals surface area contributed by atoms with Crippen LogP contribution in [0.5, 0.6) is 5.75 Å². The minimum absolute atomic E-state index is 0.124. The van der Waals surface area contributed by atoms with Gasteiger partial charge in [-0.05, 0) is 48.0 Å². The van der Waals surface area contributed by atoms with Crippen LogP contribution in [-0.2, 0) is 13.0 Å². The highest BCUT2D eigenvalue weighted by molar-refractivity contribution is 9.10. The summed E-state index contributed by atoms with van der Waals surface area (Å²) in [7, 11) is 0. The molecule has 0 aliphatic rings. The van der Waals surface area contributed by atoms with Crippen molar-refractivity contribution in [2.45, 2.75) is 13.0 Å². The molecule has 0 saturated carbocycles. The van der Waals surface area contributed by atoms with Crippen molar-refractivity contribution in [2.24, 2.45) is 0 Å². The molecule has 2 aromatic carbocycles. The maximum absolute atomic E-state index is 13.7. The molecule has 0 atom stereocenters. The predicted octanol–water partition coefficient (Wildman–Crippen LogP) is 5.13. The van der Waals surface area contributed by atoms with Crippen molar-refractivity contribution in [1.82, 2.24) is 14.4 Å². The largest absolute Gasteiger partial charge is 0.489 e. The Morgan fingerprint density at radius 2 is 1.54 bits per heavy atom. The summed E-state index contributed by atoms with van der Waals surface area (Å²) in [6, 6.07) is 16.6. The van der Waals surface area contributed by atoms with E-state index in [1.54, 1.807) is 36.9 Å². The number of pyridine rings is 4. The van der Waals surface area contributed by atoms with E-state index >= 15 is 0 Å². The van der Waals surface area contributed by atoms with Crippen LogP contribution in [0.1, 0.15) is 16.7 Å². The molecule has 0 amide bonds. The fourth-order valence-electron chi connectivity index (χ4n) is 4.48. The lowest BCUT2D eigenvalue weighted by Crippen LogP contribution is -2.17. The fourth-order valence-corrected chi connectivity index (χ4v) is 4.84. The SMILES string of the molecule is O=c1c(Cc2cccnc2)cn2c3ccc(Br)cc3c(=O)c3cc(OCc4cccnc4)cc1c32. The molecule has 0 unspecified atom stereocenters. The molecule has 6 nitrogen and oxygen atoms in total. The molecule has 6 rings (SSSR count). The Morgan fingerprint density at radius 3 is 2.26 bits per heavy atom. The lowest BCUT2D eigenvalue weighted by molar-refractivity contribution is 0.306. The Morgan fingerprint density at radius 1 is 0.829 bits per heavy atom. The zero-order chi connectivity index (χ0) is 23.9. The summed E-state index contributed by atoms with van der Waals surface area (Å²) >= 11 is 3.48. The minimum atomic E-state index is -0.141. The standard InChI is InChI=1S/C28H18BrN3O3/c29-20-5-6-25-22(10-20)28(34)24-12-21(35-16-18-4-2-8-31-14-18)11-23-26(24)32(25)15-19(27(23)33)9-17-3-1-7-30-13-17/h1-8,10-15H,9,16H2. The number of halogens is 1. The second kappa shape index (κ2) is 8.60. The summed E-state index contributed by atoms with van der Waals surface area (Å²) < 4.78 is 8.78. The first-order valence-corrected chi connectivity index (χ1v) is 11.9. The first-order chi connectivity index (χ1) is 17.1. The van der Waals surface area contributed by atoms with E-state index in [2.05, 4.69) is 25.9 Å². The summed E-state index contributed by atoms with van der Waals surface area (Å²) in [5.41, 5.74) is 3.52. The normalized spacial score (nSPS) is 11.5. The average molecular weight is 524 g/mol. The van der Waals surface area contributed by atoms with Gasteiger partial charge in [0.2, 0.25) is 0 Å². The van der Waals surface area contributed by atoms with Gasteiger partial charge < -0.3 is 9.14 Å². The minimum Gasteiger partial charge on any atom is -0.489 e. The Labute approximate surface area is 208 Å². The van der Waals surface area contributed by atoms with E-state index in [9.17, 15) is 9.59 Å². The van der Waals surface area contributed by atoms with Crippen molar-refractivity contribution < 1.29 is 4.74 Å². The van der Waals surface area contributed by atoms with Gasteiger partial charge in [-0.15, -0.1) is 0 Å². The van der Waals surface area contributed by atoms with Crippen molar-refractivity contribution in [3.05, 3.63) is 127 Å². The van der Waals surface area contributed by atoms with Crippen LogP contribution in [-0.4, -0.2) is 14.4 Å². The summed E-state index contributed by atoms with van der Waals surface area (Å²) in [5.74, 6) is 0.463. The molecular formula is C28H18BrN3O3. The first-order valence-electron chi connectivity index (χ1n) is 11.1. The number of benzene rings is 2. The second-order valence-corrected chi connectivity index (χ2v) is 9.31. The molecule has 0 aliphatic heterocycles. The van der Waals surface area contributed by atoms with E-state index in [0.717, 1.165) is 21.1 Å². The summed E-state index contributed by atoms with van der Waals surface area (Å²) in [5, 5.41) is 1.46. The van der Waals surface area contributed by atoms with Crippen molar-refractivity contribution in [3.8, 4) is 5.75 Å². The van der Waals surface area contributed by atoms with E-state index in [0.29, 0.717) is 39.4 Å². The van der Waals surface area contributed by atoms with E-state index in [1.807, 2.05) is 53.1 Å². The van der Waals surface area contributed by atoms with Crippen LogP contribution in [0.3, 0.4) is 0 Å². The third kappa shape index (κ3) is 3.84. The van der Waals surface area contributed by atoms with Gasteiger partial charge in [-0.3, -0.25) is 19.6 Å². The van der Waals surface area contributed by atoms with Crippen LogP contribution in [0.15, 0.2) is 99.6 Å². The van der Waals surface area contributed by atoms with Crippen LogP contribution in [0.25, 0.3) is 27.2 Å². The Bertz CT molecular complexity index is 1820. The average Bonchev–Trinajstić information content (AvgIpc) is 2.89. The molecule has 4 heterocycles. The van der Waals surface area contributed by atoms with Crippen LogP contribution in [0, 0.1) is 0 Å². The van der Waals surface area contributed by atoms with Gasteiger partial charge in [0.15, 0.2) is 10.9 Å². The van der Waals surface area contributed by atoms with Gasteiger partial charge in [0.05, 0.1) is 21.8 Å². The van der Waals surface area contributed by atoms with E-state index in [-0.39, 0.29) is 17.5 Å². The van der Waals surface area contributed by atoms with Crippen LogP contribution >= 0.6 is 15.9 Å². The Hall–Kier alpha value is -4.10. The predicted molar refractivity (Wildman–Crippen MR) is 139 cm³/mol.